The predicted octanol–water partition coefficient (Wildman–Crippen LogP) is 1.79. The predicted molar refractivity (Wildman–Crippen MR) is 57.3 cm³/mol. The van der Waals surface area contributed by atoms with Crippen LogP contribution in [0.4, 0.5) is 0 Å². The van der Waals surface area contributed by atoms with Gasteiger partial charge in [-0.1, -0.05) is 17.7 Å². The number of rotatable bonds is 2. The van der Waals surface area contributed by atoms with Crippen LogP contribution in [0.25, 0.3) is 0 Å². The van der Waals surface area contributed by atoms with Crippen LogP contribution in [0.15, 0.2) is 23.9 Å². The van der Waals surface area contributed by atoms with Gasteiger partial charge in [0.15, 0.2) is 0 Å². The summed E-state index contributed by atoms with van der Waals surface area (Å²) in [7, 11) is 2.03. The van der Waals surface area contributed by atoms with E-state index in [1.54, 1.807) is 6.20 Å². The van der Waals surface area contributed by atoms with Crippen molar-refractivity contribution in [3.05, 3.63) is 23.9 Å². The lowest BCUT2D eigenvalue weighted by Crippen LogP contribution is -2.26. The highest BCUT2D eigenvalue weighted by Gasteiger charge is 2.16. The normalized spacial score (nSPS) is 30.2. The van der Waals surface area contributed by atoms with Crippen LogP contribution in [0.2, 0.25) is 0 Å². The lowest BCUT2D eigenvalue weighted by molar-refractivity contribution is 0.451. The molecule has 74 valence electrons. The Morgan fingerprint density at radius 1 is 1.46 bits per heavy atom. The quantitative estimate of drug-likeness (QED) is 0.636. The molecule has 0 saturated heterocycles. The molecular formula is C11H20N2. The van der Waals surface area contributed by atoms with E-state index in [1.165, 1.54) is 12.0 Å². The fourth-order valence-electron chi connectivity index (χ4n) is 1.80. The summed E-state index contributed by atoms with van der Waals surface area (Å²) in [6.07, 6.45) is 9.77. The van der Waals surface area contributed by atoms with E-state index in [0.717, 1.165) is 12.8 Å². The summed E-state index contributed by atoms with van der Waals surface area (Å²) in [6, 6.07) is 0.610. The molecule has 0 spiro atoms. The van der Waals surface area contributed by atoms with Gasteiger partial charge in [-0.15, -0.1) is 0 Å². The van der Waals surface area contributed by atoms with Crippen molar-refractivity contribution in [2.24, 2.45) is 11.7 Å². The average Bonchev–Trinajstić information content (AvgIpc) is 2.41. The summed E-state index contributed by atoms with van der Waals surface area (Å²) in [5, 5.41) is 3.33. The second-order valence-corrected chi connectivity index (χ2v) is 3.77. The van der Waals surface area contributed by atoms with Gasteiger partial charge in [-0.05, 0) is 45.4 Å². The molecule has 0 fully saturated rings. The first-order valence-electron chi connectivity index (χ1n) is 4.98. The van der Waals surface area contributed by atoms with Crippen LogP contribution in [0.5, 0.6) is 0 Å². The van der Waals surface area contributed by atoms with Crippen molar-refractivity contribution in [3.63, 3.8) is 0 Å². The van der Waals surface area contributed by atoms with Gasteiger partial charge in [-0.25, -0.2) is 0 Å². The fraction of sp³-hybridized carbons (Fsp3) is 0.636. The van der Waals surface area contributed by atoms with Crippen LogP contribution in [0.3, 0.4) is 0 Å². The third-order valence-electron chi connectivity index (χ3n) is 2.89. The Balaban J connectivity index is 2.60. The van der Waals surface area contributed by atoms with Gasteiger partial charge in [0.2, 0.25) is 0 Å². The van der Waals surface area contributed by atoms with Crippen molar-refractivity contribution in [2.75, 3.05) is 7.05 Å². The van der Waals surface area contributed by atoms with Gasteiger partial charge in [-0.2, -0.15) is 0 Å². The number of nitrogens with one attached hydrogen (secondary N) is 1. The monoisotopic (exact) mass is 180 g/mol. The molecule has 0 amide bonds. The van der Waals surface area contributed by atoms with Crippen LogP contribution < -0.4 is 11.1 Å². The molecule has 1 rings (SSSR count). The number of hydrogen-bond acceptors (Lipinski definition) is 2. The Kier molecular flexibility index (Phi) is 4.03. The molecule has 0 bridgehead atoms. The molecule has 0 aromatic carbocycles. The van der Waals surface area contributed by atoms with Gasteiger partial charge in [-0.3, -0.25) is 0 Å². The Hall–Kier alpha value is -0.760. The first-order chi connectivity index (χ1) is 6.27. The second kappa shape index (κ2) is 5.07. The van der Waals surface area contributed by atoms with Crippen molar-refractivity contribution in [1.82, 2.24) is 5.32 Å². The number of nitrogens with two attached hydrogens (primary N) is 1. The van der Waals surface area contributed by atoms with Crippen LogP contribution in [-0.2, 0) is 0 Å². The maximum Gasteiger partial charge on any atom is 0.0104 e. The van der Waals surface area contributed by atoms with E-state index in [0.29, 0.717) is 12.0 Å². The molecule has 2 nitrogen and oxygen atoms in total. The van der Waals surface area contributed by atoms with Crippen molar-refractivity contribution in [2.45, 2.75) is 32.2 Å². The first-order valence-corrected chi connectivity index (χ1v) is 4.98. The maximum atomic E-state index is 5.53. The summed E-state index contributed by atoms with van der Waals surface area (Å²) < 4.78 is 0. The lowest BCUT2D eigenvalue weighted by Gasteiger charge is -2.19. The van der Waals surface area contributed by atoms with E-state index < -0.39 is 0 Å². The van der Waals surface area contributed by atoms with Crippen LogP contribution in [0.1, 0.15) is 26.2 Å². The van der Waals surface area contributed by atoms with E-state index in [1.807, 2.05) is 7.05 Å². The van der Waals surface area contributed by atoms with Crippen LogP contribution in [-0.4, -0.2) is 13.1 Å². The highest BCUT2D eigenvalue weighted by atomic mass is 14.9. The summed E-state index contributed by atoms with van der Waals surface area (Å²) in [5.74, 6) is 0.626. The molecule has 2 unspecified atom stereocenters. The molecule has 0 heterocycles. The Morgan fingerprint density at radius 3 is 2.77 bits per heavy atom. The summed E-state index contributed by atoms with van der Waals surface area (Å²) >= 11 is 0. The summed E-state index contributed by atoms with van der Waals surface area (Å²) in [5.41, 5.74) is 6.85. The summed E-state index contributed by atoms with van der Waals surface area (Å²) in [6.45, 7) is 2.12. The van der Waals surface area contributed by atoms with Gasteiger partial charge in [0, 0.05) is 6.04 Å². The fourth-order valence-corrected chi connectivity index (χ4v) is 1.80. The molecule has 2 heteroatoms. The number of allylic oxidation sites excluding steroid dienone is 2. The van der Waals surface area contributed by atoms with Crippen molar-refractivity contribution in [3.8, 4) is 0 Å². The standard InChI is InChI=1S/C11H20N2/c1-9(8-12)10-5-3-4-6-11(7-10)13-2/h3-4,8,10-11,13H,5-7,12H2,1-2H3/b9-8+. The van der Waals surface area contributed by atoms with Crippen LogP contribution >= 0.6 is 0 Å². The molecule has 0 radical (unpaired) electrons. The largest absolute Gasteiger partial charge is 0.405 e. The molecule has 13 heavy (non-hydrogen) atoms. The smallest absolute Gasteiger partial charge is 0.0104 e. The van der Waals surface area contributed by atoms with E-state index in [-0.39, 0.29) is 0 Å². The van der Waals surface area contributed by atoms with E-state index in [9.17, 15) is 0 Å². The molecule has 0 aliphatic heterocycles. The van der Waals surface area contributed by atoms with Gasteiger partial charge in [0.1, 0.15) is 0 Å². The van der Waals surface area contributed by atoms with Gasteiger partial charge in [0.05, 0.1) is 0 Å². The molecule has 1 aliphatic carbocycles. The van der Waals surface area contributed by atoms with Crippen LogP contribution in [0, 0.1) is 5.92 Å². The van der Waals surface area contributed by atoms with Gasteiger partial charge >= 0.3 is 0 Å². The third kappa shape index (κ3) is 2.88. The molecule has 0 aromatic heterocycles. The van der Waals surface area contributed by atoms with Crippen molar-refractivity contribution < 1.29 is 0 Å². The molecule has 2 atom stereocenters. The minimum Gasteiger partial charge on any atom is -0.405 e. The second-order valence-electron chi connectivity index (χ2n) is 3.77. The van der Waals surface area contributed by atoms with Gasteiger partial charge < -0.3 is 11.1 Å². The van der Waals surface area contributed by atoms with Crippen molar-refractivity contribution in [1.29, 1.82) is 0 Å². The zero-order valence-corrected chi connectivity index (χ0v) is 8.59. The molecule has 1 aliphatic rings. The Morgan fingerprint density at radius 2 is 2.15 bits per heavy atom. The van der Waals surface area contributed by atoms with Gasteiger partial charge in [0.25, 0.3) is 0 Å². The Labute approximate surface area is 80.9 Å². The topological polar surface area (TPSA) is 38.0 Å². The Bertz CT molecular complexity index is 206. The van der Waals surface area contributed by atoms with E-state index >= 15 is 0 Å². The summed E-state index contributed by atoms with van der Waals surface area (Å²) in [4.78, 5) is 0. The first kappa shape index (κ1) is 10.3. The molecule has 0 saturated carbocycles. The average molecular weight is 180 g/mol. The highest BCUT2D eigenvalue weighted by Crippen LogP contribution is 2.24. The minimum atomic E-state index is 0.610. The molecular weight excluding hydrogens is 160 g/mol. The zero-order chi connectivity index (χ0) is 9.68. The maximum absolute atomic E-state index is 5.53. The SMILES string of the molecule is CNC1CC=CCC(/C(C)=C/N)C1. The number of hydrogen-bond donors (Lipinski definition) is 2. The zero-order valence-electron chi connectivity index (χ0n) is 8.59. The van der Waals surface area contributed by atoms with Crippen molar-refractivity contribution >= 4 is 0 Å². The minimum absolute atomic E-state index is 0.610. The van der Waals surface area contributed by atoms with E-state index in [4.69, 9.17) is 5.73 Å². The molecule has 3 N–H and O–H groups in total. The third-order valence-corrected chi connectivity index (χ3v) is 2.89. The lowest BCUT2D eigenvalue weighted by atomic mass is 9.91. The highest BCUT2D eigenvalue weighted by molar-refractivity contribution is 5.07. The molecule has 0 aromatic rings. The van der Waals surface area contributed by atoms with E-state index in [2.05, 4.69) is 24.4 Å².